The molecule has 0 spiro atoms. The molecule has 2 aromatic carbocycles. The molecule has 1 saturated heterocycles. The van der Waals surface area contributed by atoms with Crippen LogP contribution in [0.15, 0.2) is 59.6 Å². The topological polar surface area (TPSA) is 398 Å². The summed E-state index contributed by atoms with van der Waals surface area (Å²) in [5, 5.41) is 40.2. The molecule has 0 aromatic heterocycles. The Balaban J connectivity index is 1.48. The van der Waals surface area contributed by atoms with Crippen LogP contribution in [0.1, 0.15) is 83.6 Å². The predicted octanol–water partition coefficient (Wildman–Crippen LogP) is -2.62. The van der Waals surface area contributed by atoms with Crippen LogP contribution in [-0.4, -0.2) is 155 Å². The number of carboxylic acid groups (broad SMARTS) is 1. The number of guanidine groups is 1. The Kier molecular flexibility index (Phi) is 23.5. The Morgan fingerprint density at radius 2 is 1.47 bits per heavy atom. The van der Waals surface area contributed by atoms with Crippen LogP contribution in [0, 0.1) is 5.92 Å². The second-order valence-corrected chi connectivity index (χ2v) is 18.6. The van der Waals surface area contributed by atoms with E-state index in [9.17, 15) is 53.4 Å². The minimum absolute atomic E-state index is 0.00259. The first-order valence-electron chi connectivity index (χ1n) is 24.7. The van der Waals surface area contributed by atoms with Crippen molar-refractivity contribution in [2.24, 2.45) is 33.8 Å². The highest BCUT2D eigenvalue weighted by Crippen LogP contribution is 2.20. The van der Waals surface area contributed by atoms with Crippen molar-refractivity contribution in [1.82, 2.24) is 42.1 Å². The van der Waals surface area contributed by atoms with E-state index >= 15 is 0 Å². The van der Waals surface area contributed by atoms with Crippen molar-refractivity contribution in [2.75, 3.05) is 32.8 Å². The van der Waals surface area contributed by atoms with Gasteiger partial charge >= 0.3 is 5.97 Å². The van der Waals surface area contributed by atoms with Gasteiger partial charge in [-0.05, 0) is 93.0 Å². The van der Waals surface area contributed by atoms with Gasteiger partial charge in [-0.2, -0.15) is 0 Å². The summed E-state index contributed by atoms with van der Waals surface area (Å²) in [5.41, 5.74) is 23.5. The zero-order valence-electron chi connectivity index (χ0n) is 41.5. The van der Waals surface area contributed by atoms with Crippen molar-refractivity contribution in [3.8, 4) is 0 Å². The molecule has 2 aliphatic rings. The number of aliphatic hydroxyl groups excluding tert-OH is 1. The number of amides is 8. The summed E-state index contributed by atoms with van der Waals surface area (Å²) < 4.78 is 0. The Labute approximate surface area is 424 Å². The predicted molar refractivity (Wildman–Crippen MR) is 270 cm³/mol. The van der Waals surface area contributed by atoms with Crippen LogP contribution in [0.4, 0.5) is 0 Å². The standard InChI is InChI=1S/C49H73N13O11/c1-28(2)23-36-45(69)61-38(27-63)46(70)58-34(14-6-5-13-32(51)41(65)56-35(44(68)59-36)16-9-21-54-49(52)53)43(67)57-33(15-7-8-20-50)42(66)55-26-40(64)62-22-10-17-39(62)47(71)60-37(48(72)73)25-29-18-19-30-11-3-4-12-31(30)24-29/h3-6,11-12,18-19,24,28,32-39,63H,7-10,13-17,20-23,25-27,50-51H2,1-2H3,(H,55,66)(H,56,65)(H,57,67)(H,58,70)(H,59,68)(H,60,71)(H,61,69)(H,72,73)(H4,52,53,54)/b6-5-/t32-,33-,34-,35-,36-,37+,38-,39-/m0/s1. The maximum absolute atomic E-state index is 14.1. The summed E-state index contributed by atoms with van der Waals surface area (Å²) in [5.74, 6) is -7.70. The molecule has 1 fully saturated rings. The molecule has 73 heavy (non-hydrogen) atoms. The maximum atomic E-state index is 14.1. The smallest absolute Gasteiger partial charge is 0.326 e. The van der Waals surface area contributed by atoms with E-state index in [1.54, 1.807) is 19.9 Å². The van der Waals surface area contributed by atoms with Gasteiger partial charge in [0.1, 0.15) is 42.3 Å². The zero-order chi connectivity index (χ0) is 53.6. The van der Waals surface area contributed by atoms with Crippen LogP contribution in [0.2, 0.25) is 0 Å². The van der Waals surface area contributed by atoms with Crippen molar-refractivity contribution in [3.05, 3.63) is 60.2 Å². The van der Waals surface area contributed by atoms with Gasteiger partial charge in [0.2, 0.25) is 47.3 Å². The molecule has 0 bridgehead atoms. The first-order chi connectivity index (χ1) is 34.8. The second kappa shape index (κ2) is 29.4. The quantitative estimate of drug-likeness (QED) is 0.0264. The average molecular weight is 1020 g/mol. The number of benzene rings is 2. The summed E-state index contributed by atoms with van der Waals surface area (Å²) >= 11 is 0. The number of rotatable bonds is 21. The first-order valence-corrected chi connectivity index (χ1v) is 24.7. The number of fused-ring (bicyclic) bond motifs is 1. The molecular formula is C49H73N13O11. The SMILES string of the molecule is CC(C)C[C@@H]1NC(=O)[C@H](CCCN=C(N)N)NC(=O)[C@@H](N)C/C=C\C[C@@H](C(=O)N[C@@H](CCCCN)C(=O)NCC(=O)N2CCC[C@H]2C(=O)N[C@H](Cc2ccc3ccccc3c2)C(=O)O)NC(=O)[C@H](CO)NC1=O. The van der Waals surface area contributed by atoms with E-state index < -0.39 is 115 Å². The number of carboxylic acids is 1. The number of aliphatic hydroxyl groups is 1. The van der Waals surface area contributed by atoms with Crippen LogP contribution >= 0.6 is 0 Å². The number of aliphatic carboxylic acids is 1. The largest absolute Gasteiger partial charge is 0.480 e. The van der Waals surface area contributed by atoms with E-state index in [-0.39, 0.29) is 82.9 Å². The van der Waals surface area contributed by atoms with Gasteiger partial charge in [-0.1, -0.05) is 68.5 Å². The van der Waals surface area contributed by atoms with Crippen molar-refractivity contribution in [2.45, 2.75) is 133 Å². The number of likely N-dealkylation sites (tertiary alicyclic amines) is 1. The van der Waals surface area contributed by atoms with Gasteiger partial charge in [-0.25, -0.2) is 4.79 Å². The fourth-order valence-electron chi connectivity index (χ4n) is 8.41. The number of carbonyl (C=O) groups is 9. The van der Waals surface area contributed by atoms with Crippen LogP contribution < -0.4 is 60.2 Å². The van der Waals surface area contributed by atoms with Crippen LogP contribution in [0.3, 0.4) is 0 Å². The van der Waals surface area contributed by atoms with Gasteiger partial charge in [-0.3, -0.25) is 43.3 Å². The van der Waals surface area contributed by atoms with Crippen molar-refractivity contribution in [1.29, 1.82) is 0 Å². The average Bonchev–Trinajstić information content (AvgIpc) is 3.85. The summed E-state index contributed by atoms with van der Waals surface area (Å²) in [6.07, 6.45) is 4.66. The van der Waals surface area contributed by atoms with E-state index in [0.717, 1.165) is 10.8 Å². The van der Waals surface area contributed by atoms with E-state index in [4.69, 9.17) is 22.9 Å². The van der Waals surface area contributed by atoms with E-state index in [1.807, 2.05) is 36.4 Å². The monoisotopic (exact) mass is 1020 g/mol. The van der Waals surface area contributed by atoms with Gasteiger partial charge in [0.15, 0.2) is 5.96 Å². The lowest BCUT2D eigenvalue weighted by atomic mass is 10.0. The summed E-state index contributed by atoms with van der Waals surface area (Å²) in [6, 6.07) is 2.92. The van der Waals surface area contributed by atoms with E-state index in [2.05, 4.69) is 42.2 Å². The number of nitrogens with one attached hydrogen (secondary N) is 7. The number of nitrogens with two attached hydrogens (primary N) is 4. The number of hydrogen-bond donors (Lipinski definition) is 13. The maximum Gasteiger partial charge on any atom is 0.326 e. The van der Waals surface area contributed by atoms with Crippen LogP contribution in [0.25, 0.3) is 10.8 Å². The third-order valence-corrected chi connectivity index (χ3v) is 12.4. The second-order valence-electron chi connectivity index (χ2n) is 18.6. The number of unbranched alkanes of at least 4 members (excludes halogenated alkanes) is 1. The van der Waals surface area contributed by atoms with Gasteiger partial charge in [0.05, 0.1) is 19.2 Å². The highest BCUT2D eigenvalue weighted by atomic mass is 16.4. The lowest BCUT2D eigenvalue weighted by molar-refractivity contribution is -0.144. The van der Waals surface area contributed by atoms with E-state index in [0.29, 0.717) is 24.8 Å². The molecule has 8 atom stereocenters. The van der Waals surface area contributed by atoms with Gasteiger partial charge in [0.25, 0.3) is 0 Å². The Bertz CT molecular complexity index is 2320. The highest BCUT2D eigenvalue weighted by molar-refractivity contribution is 5.98. The van der Waals surface area contributed by atoms with Crippen molar-refractivity contribution in [3.63, 3.8) is 0 Å². The molecule has 24 heteroatoms. The van der Waals surface area contributed by atoms with Gasteiger partial charge in [0, 0.05) is 19.5 Å². The molecular weight excluding hydrogens is 947 g/mol. The molecule has 24 nitrogen and oxygen atoms in total. The third-order valence-electron chi connectivity index (χ3n) is 12.4. The molecule has 8 amide bonds. The molecule has 4 rings (SSSR count). The summed E-state index contributed by atoms with van der Waals surface area (Å²) in [7, 11) is 0. The Morgan fingerprint density at radius 1 is 0.808 bits per heavy atom. The molecule has 0 radical (unpaired) electrons. The van der Waals surface area contributed by atoms with Gasteiger partial charge in [-0.15, -0.1) is 0 Å². The molecule has 0 saturated carbocycles. The molecule has 2 heterocycles. The highest BCUT2D eigenvalue weighted by Gasteiger charge is 2.37. The lowest BCUT2D eigenvalue weighted by Gasteiger charge is -2.27. The zero-order valence-corrected chi connectivity index (χ0v) is 41.5. The minimum atomic E-state index is -1.61. The Hall–Kier alpha value is -7.18. The summed E-state index contributed by atoms with van der Waals surface area (Å²) in [6.45, 7) is 2.68. The molecule has 2 aromatic rings. The number of aliphatic imine (C=N–C) groups is 1. The van der Waals surface area contributed by atoms with Crippen molar-refractivity contribution < 1.29 is 53.4 Å². The molecule has 400 valence electrons. The minimum Gasteiger partial charge on any atom is -0.480 e. The third kappa shape index (κ3) is 18.7. The van der Waals surface area contributed by atoms with Crippen LogP contribution in [0.5, 0.6) is 0 Å². The molecule has 17 N–H and O–H groups in total. The lowest BCUT2D eigenvalue weighted by Crippen LogP contribution is -2.60. The molecule has 0 unspecified atom stereocenters. The molecule has 0 aliphatic carbocycles. The molecule has 2 aliphatic heterocycles. The Morgan fingerprint density at radius 3 is 2.15 bits per heavy atom. The van der Waals surface area contributed by atoms with Crippen molar-refractivity contribution >= 4 is 70.0 Å². The number of nitrogens with zero attached hydrogens (tertiary/aromatic N) is 2. The summed E-state index contributed by atoms with van der Waals surface area (Å²) in [4.78, 5) is 127. The number of hydrogen-bond acceptors (Lipinski definition) is 13. The van der Waals surface area contributed by atoms with E-state index in [1.165, 1.54) is 17.1 Å². The normalized spacial score (nSPS) is 22.4. The van der Waals surface area contributed by atoms with Gasteiger partial charge < -0.3 is 75.3 Å². The first kappa shape index (κ1) is 58.4. The number of carbonyl (C=O) groups excluding carboxylic acids is 8. The fraction of sp³-hybridized carbons (Fsp3) is 0.551. The fourth-order valence-corrected chi connectivity index (χ4v) is 8.41. The van der Waals surface area contributed by atoms with Crippen LogP contribution in [-0.2, 0) is 49.6 Å².